The molecule has 3 aliphatic rings. The van der Waals surface area contributed by atoms with Crippen LogP contribution in [0.3, 0.4) is 0 Å². The Balaban J connectivity index is 1.33. The third-order valence-corrected chi connectivity index (χ3v) is 5.90. The summed E-state index contributed by atoms with van der Waals surface area (Å²) in [7, 11) is 0. The average molecular weight is 332 g/mol. The Bertz CT molecular complexity index is 590. The van der Waals surface area contributed by atoms with Crippen molar-refractivity contribution in [2.24, 2.45) is 0 Å². The lowest BCUT2D eigenvalue weighted by Gasteiger charge is -2.43. The van der Waals surface area contributed by atoms with Crippen molar-refractivity contribution in [1.29, 1.82) is 0 Å². The first kappa shape index (κ1) is 16.1. The standard InChI is InChI=1S/C18H28N4O2/c1-14-18-19-11-16(12-24-13-17(23)20-7-2-3-8-20)22(18)10-9-21(14)15-5-4-6-15/h11,14-15H,2-10,12-13H2,1H3. The molecule has 1 aliphatic carbocycles. The summed E-state index contributed by atoms with van der Waals surface area (Å²) in [5, 5.41) is 0. The molecule has 0 bridgehead atoms. The monoisotopic (exact) mass is 332 g/mol. The van der Waals surface area contributed by atoms with Crippen LogP contribution in [0.5, 0.6) is 0 Å². The molecular formula is C18H28N4O2. The molecule has 1 aromatic rings. The molecule has 24 heavy (non-hydrogen) atoms. The minimum absolute atomic E-state index is 0.121. The fraction of sp³-hybridized carbons (Fsp3) is 0.778. The third-order valence-electron chi connectivity index (χ3n) is 5.90. The van der Waals surface area contributed by atoms with Gasteiger partial charge < -0.3 is 14.2 Å². The van der Waals surface area contributed by atoms with Crippen molar-refractivity contribution >= 4 is 5.91 Å². The number of rotatable bonds is 5. The number of carbonyl (C=O) groups excluding carboxylic acids is 1. The van der Waals surface area contributed by atoms with Crippen LogP contribution in [0.15, 0.2) is 6.20 Å². The number of nitrogens with zero attached hydrogens (tertiary/aromatic N) is 4. The molecule has 1 atom stereocenters. The summed E-state index contributed by atoms with van der Waals surface area (Å²) in [5.74, 6) is 1.27. The predicted molar refractivity (Wildman–Crippen MR) is 90.5 cm³/mol. The van der Waals surface area contributed by atoms with Gasteiger partial charge in [0.2, 0.25) is 5.91 Å². The number of imidazole rings is 1. The summed E-state index contributed by atoms with van der Waals surface area (Å²) in [6.07, 6.45) is 8.21. The molecule has 1 aromatic heterocycles. The van der Waals surface area contributed by atoms with E-state index in [0.29, 0.717) is 12.6 Å². The normalized spacial score (nSPS) is 24.9. The lowest BCUT2D eigenvalue weighted by atomic mass is 9.90. The average Bonchev–Trinajstić information content (AvgIpc) is 3.18. The molecule has 6 nitrogen and oxygen atoms in total. The smallest absolute Gasteiger partial charge is 0.248 e. The number of likely N-dealkylation sites (tertiary alicyclic amines) is 1. The molecule has 1 saturated heterocycles. The van der Waals surface area contributed by atoms with Crippen LogP contribution in [0.1, 0.15) is 56.6 Å². The minimum Gasteiger partial charge on any atom is -0.365 e. The van der Waals surface area contributed by atoms with Gasteiger partial charge in [-0.05, 0) is 32.6 Å². The molecule has 1 saturated carbocycles. The zero-order valence-electron chi connectivity index (χ0n) is 14.6. The fourth-order valence-electron chi connectivity index (χ4n) is 4.21. The highest BCUT2D eigenvalue weighted by Crippen LogP contribution is 2.34. The number of amides is 1. The number of hydrogen-bond donors (Lipinski definition) is 0. The number of carbonyl (C=O) groups is 1. The van der Waals surface area contributed by atoms with Crippen LogP contribution in [0.2, 0.25) is 0 Å². The van der Waals surface area contributed by atoms with Gasteiger partial charge in [0.1, 0.15) is 12.4 Å². The Morgan fingerprint density at radius 2 is 2.00 bits per heavy atom. The van der Waals surface area contributed by atoms with Gasteiger partial charge in [-0.25, -0.2) is 4.98 Å². The first-order chi connectivity index (χ1) is 11.7. The van der Waals surface area contributed by atoms with E-state index >= 15 is 0 Å². The molecule has 0 N–H and O–H groups in total. The van der Waals surface area contributed by atoms with Gasteiger partial charge in [0.25, 0.3) is 0 Å². The second-order valence-corrected chi connectivity index (χ2v) is 7.34. The second-order valence-electron chi connectivity index (χ2n) is 7.34. The van der Waals surface area contributed by atoms with Gasteiger partial charge in [0, 0.05) is 32.2 Å². The van der Waals surface area contributed by atoms with Crippen molar-refractivity contribution in [3.05, 3.63) is 17.7 Å². The largest absolute Gasteiger partial charge is 0.365 e. The van der Waals surface area contributed by atoms with Crippen molar-refractivity contribution in [1.82, 2.24) is 19.4 Å². The number of hydrogen-bond acceptors (Lipinski definition) is 4. The maximum atomic E-state index is 12.0. The van der Waals surface area contributed by atoms with Gasteiger partial charge >= 0.3 is 0 Å². The first-order valence-corrected chi connectivity index (χ1v) is 9.39. The van der Waals surface area contributed by atoms with E-state index in [4.69, 9.17) is 4.74 Å². The molecule has 0 radical (unpaired) electrons. The van der Waals surface area contributed by atoms with Crippen molar-refractivity contribution in [2.75, 3.05) is 26.2 Å². The van der Waals surface area contributed by atoms with Crippen LogP contribution in [0.25, 0.3) is 0 Å². The van der Waals surface area contributed by atoms with Crippen molar-refractivity contribution < 1.29 is 9.53 Å². The van der Waals surface area contributed by atoms with Gasteiger partial charge in [0.05, 0.1) is 24.5 Å². The Kier molecular flexibility index (Phi) is 4.59. The van der Waals surface area contributed by atoms with E-state index in [9.17, 15) is 4.79 Å². The van der Waals surface area contributed by atoms with Crippen molar-refractivity contribution in [2.45, 2.75) is 64.3 Å². The number of ether oxygens (including phenoxy) is 1. The lowest BCUT2D eigenvalue weighted by molar-refractivity contribution is -0.135. The third kappa shape index (κ3) is 2.97. The number of fused-ring (bicyclic) bond motifs is 1. The first-order valence-electron chi connectivity index (χ1n) is 9.39. The molecule has 2 aliphatic heterocycles. The minimum atomic E-state index is 0.121. The Morgan fingerprint density at radius 1 is 1.21 bits per heavy atom. The molecule has 4 rings (SSSR count). The van der Waals surface area contributed by atoms with Crippen molar-refractivity contribution in [3.63, 3.8) is 0 Å². The number of aromatic nitrogens is 2. The van der Waals surface area contributed by atoms with Gasteiger partial charge in [-0.1, -0.05) is 6.42 Å². The fourth-order valence-corrected chi connectivity index (χ4v) is 4.21. The molecule has 1 amide bonds. The van der Waals surface area contributed by atoms with E-state index in [2.05, 4.69) is 21.4 Å². The zero-order chi connectivity index (χ0) is 16.5. The lowest BCUT2D eigenvalue weighted by Crippen LogP contribution is -2.47. The quantitative estimate of drug-likeness (QED) is 0.827. The van der Waals surface area contributed by atoms with Crippen LogP contribution in [-0.4, -0.2) is 57.5 Å². The molecule has 3 heterocycles. The topological polar surface area (TPSA) is 50.6 Å². The Hall–Kier alpha value is -1.40. The molecule has 132 valence electrons. The highest BCUT2D eigenvalue weighted by molar-refractivity contribution is 5.77. The van der Waals surface area contributed by atoms with Crippen molar-refractivity contribution in [3.8, 4) is 0 Å². The van der Waals surface area contributed by atoms with E-state index < -0.39 is 0 Å². The molecule has 6 heteroatoms. The highest BCUT2D eigenvalue weighted by atomic mass is 16.5. The molecule has 0 aromatic carbocycles. The summed E-state index contributed by atoms with van der Waals surface area (Å²) >= 11 is 0. The molecule has 0 spiro atoms. The Labute approximate surface area is 143 Å². The van der Waals surface area contributed by atoms with Crippen LogP contribution >= 0.6 is 0 Å². The van der Waals surface area contributed by atoms with E-state index in [1.54, 1.807) is 0 Å². The maximum Gasteiger partial charge on any atom is 0.248 e. The van der Waals surface area contributed by atoms with Crippen LogP contribution in [0.4, 0.5) is 0 Å². The maximum absolute atomic E-state index is 12.0. The van der Waals surface area contributed by atoms with Crippen LogP contribution in [-0.2, 0) is 22.7 Å². The zero-order valence-corrected chi connectivity index (χ0v) is 14.6. The predicted octanol–water partition coefficient (Wildman–Crippen LogP) is 1.95. The van der Waals surface area contributed by atoms with E-state index in [1.807, 2.05) is 11.1 Å². The van der Waals surface area contributed by atoms with Gasteiger partial charge in [-0.15, -0.1) is 0 Å². The Morgan fingerprint density at radius 3 is 2.71 bits per heavy atom. The molecule has 2 fully saturated rings. The van der Waals surface area contributed by atoms with E-state index in [0.717, 1.165) is 56.6 Å². The van der Waals surface area contributed by atoms with Crippen LogP contribution < -0.4 is 0 Å². The highest BCUT2D eigenvalue weighted by Gasteiger charge is 2.34. The van der Waals surface area contributed by atoms with E-state index in [-0.39, 0.29) is 12.5 Å². The summed E-state index contributed by atoms with van der Waals surface area (Å²) in [6, 6.07) is 1.13. The summed E-state index contributed by atoms with van der Waals surface area (Å²) in [4.78, 5) is 21.2. The summed E-state index contributed by atoms with van der Waals surface area (Å²) in [6.45, 7) is 6.77. The SMILES string of the molecule is CC1c2ncc(COCC(=O)N3CCCC3)n2CCN1C1CCC1. The van der Waals surface area contributed by atoms with Gasteiger partial charge in [-0.2, -0.15) is 0 Å². The molecular weight excluding hydrogens is 304 g/mol. The van der Waals surface area contributed by atoms with Crippen LogP contribution in [0, 0.1) is 0 Å². The van der Waals surface area contributed by atoms with Gasteiger partial charge in [-0.3, -0.25) is 9.69 Å². The molecule has 1 unspecified atom stereocenters. The van der Waals surface area contributed by atoms with Gasteiger partial charge in [0.15, 0.2) is 0 Å². The van der Waals surface area contributed by atoms with E-state index in [1.165, 1.54) is 19.3 Å². The summed E-state index contributed by atoms with van der Waals surface area (Å²) in [5.41, 5.74) is 1.10. The summed E-state index contributed by atoms with van der Waals surface area (Å²) < 4.78 is 7.99. The second kappa shape index (κ2) is 6.84.